The van der Waals surface area contributed by atoms with E-state index in [0.717, 1.165) is 31.4 Å². The lowest BCUT2D eigenvalue weighted by Crippen LogP contribution is -2.37. The summed E-state index contributed by atoms with van der Waals surface area (Å²) in [6.45, 7) is 7.11. The van der Waals surface area contributed by atoms with Crippen molar-refractivity contribution in [3.05, 3.63) is 24.2 Å². The molecule has 0 saturated heterocycles. The second-order valence-corrected chi connectivity index (χ2v) is 5.07. The van der Waals surface area contributed by atoms with Gasteiger partial charge in [-0.15, -0.1) is 0 Å². The summed E-state index contributed by atoms with van der Waals surface area (Å²) < 4.78 is 5.31. The predicted molar refractivity (Wildman–Crippen MR) is 74.6 cm³/mol. The van der Waals surface area contributed by atoms with Gasteiger partial charge in [-0.1, -0.05) is 26.7 Å². The van der Waals surface area contributed by atoms with E-state index in [9.17, 15) is 5.11 Å². The molecule has 0 aliphatic heterocycles. The van der Waals surface area contributed by atoms with Crippen LogP contribution in [0.2, 0.25) is 0 Å². The van der Waals surface area contributed by atoms with Crippen molar-refractivity contribution < 1.29 is 9.52 Å². The zero-order valence-electron chi connectivity index (χ0n) is 11.9. The quantitative estimate of drug-likeness (QED) is 0.711. The van der Waals surface area contributed by atoms with Crippen LogP contribution in [0.15, 0.2) is 22.8 Å². The normalized spacial score (nSPS) is 14.9. The second-order valence-electron chi connectivity index (χ2n) is 5.07. The third-order valence-corrected chi connectivity index (χ3v) is 3.67. The van der Waals surface area contributed by atoms with Crippen molar-refractivity contribution in [1.29, 1.82) is 0 Å². The molecule has 3 nitrogen and oxygen atoms in total. The molecule has 0 aliphatic carbocycles. The van der Waals surface area contributed by atoms with E-state index in [1.807, 2.05) is 12.1 Å². The average Bonchev–Trinajstić information content (AvgIpc) is 2.88. The van der Waals surface area contributed by atoms with Crippen LogP contribution in [0.4, 0.5) is 0 Å². The molecule has 0 fully saturated rings. The van der Waals surface area contributed by atoms with Crippen LogP contribution >= 0.6 is 0 Å². The number of furan rings is 1. The first-order valence-corrected chi connectivity index (χ1v) is 7.11. The van der Waals surface area contributed by atoms with Gasteiger partial charge in [0, 0.05) is 19.0 Å². The number of rotatable bonds is 9. The molecule has 2 atom stereocenters. The average molecular weight is 253 g/mol. The fourth-order valence-corrected chi connectivity index (χ4v) is 2.24. The number of hydrogen-bond donors (Lipinski definition) is 2. The van der Waals surface area contributed by atoms with Crippen molar-refractivity contribution >= 4 is 0 Å². The van der Waals surface area contributed by atoms with Gasteiger partial charge in [0.15, 0.2) is 0 Å². The molecule has 0 radical (unpaired) electrons. The molecule has 0 spiro atoms. The van der Waals surface area contributed by atoms with Gasteiger partial charge in [-0.2, -0.15) is 0 Å². The van der Waals surface area contributed by atoms with Gasteiger partial charge in [-0.25, -0.2) is 0 Å². The second kappa shape index (κ2) is 8.33. The molecule has 0 aliphatic rings. The Balaban J connectivity index is 2.18. The van der Waals surface area contributed by atoms with Gasteiger partial charge in [-0.05, 0) is 31.4 Å². The van der Waals surface area contributed by atoms with E-state index >= 15 is 0 Å². The van der Waals surface area contributed by atoms with E-state index in [-0.39, 0.29) is 6.10 Å². The van der Waals surface area contributed by atoms with Crippen molar-refractivity contribution in [3.63, 3.8) is 0 Å². The highest BCUT2D eigenvalue weighted by molar-refractivity contribution is 4.98. The lowest BCUT2D eigenvalue weighted by molar-refractivity contribution is 0.0985. The Bertz CT molecular complexity index is 293. The summed E-state index contributed by atoms with van der Waals surface area (Å²) in [4.78, 5) is 0. The number of aliphatic hydroxyl groups excluding tert-OH is 1. The summed E-state index contributed by atoms with van der Waals surface area (Å²) >= 11 is 0. The SMILES string of the molecule is CCC(CC)C(O)CNC(C)CCc1ccco1. The molecule has 2 unspecified atom stereocenters. The van der Waals surface area contributed by atoms with Crippen LogP contribution in [0.1, 0.15) is 45.8 Å². The van der Waals surface area contributed by atoms with Crippen LogP contribution in [0, 0.1) is 5.92 Å². The summed E-state index contributed by atoms with van der Waals surface area (Å²) in [7, 11) is 0. The maximum Gasteiger partial charge on any atom is 0.103 e. The van der Waals surface area contributed by atoms with Gasteiger partial charge in [0.1, 0.15) is 5.76 Å². The molecule has 0 saturated carbocycles. The van der Waals surface area contributed by atoms with Crippen LogP contribution in [-0.2, 0) is 6.42 Å². The lowest BCUT2D eigenvalue weighted by Gasteiger charge is -2.22. The zero-order chi connectivity index (χ0) is 13.4. The van der Waals surface area contributed by atoms with E-state index in [2.05, 4.69) is 26.1 Å². The smallest absolute Gasteiger partial charge is 0.103 e. The number of hydrogen-bond acceptors (Lipinski definition) is 3. The first-order chi connectivity index (χ1) is 8.67. The molecule has 1 aromatic heterocycles. The third-order valence-electron chi connectivity index (χ3n) is 3.67. The van der Waals surface area contributed by atoms with Gasteiger partial charge < -0.3 is 14.8 Å². The van der Waals surface area contributed by atoms with Gasteiger partial charge in [-0.3, -0.25) is 0 Å². The first-order valence-electron chi connectivity index (χ1n) is 7.11. The lowest BCUT2D eigenvalue weighted by atomic mass is 9.96. The highest BCUT2D eigenvalue weighted by Gasteiger charge is 2.15. The van der Waals surface area contributed by atoms with E-state index in [1.165, 1.54) is 0 Å². The van der Waals surface area contributed by atoms with E-state index in [4.69, 9.17) is 4.42 Å². The number of aryl methyl sites for hydroxylation is 1. The molecule has 0 bridgehead atoms. The molecule has 3 heteroatoms. The van der Waals surface area contributed by atoms with Gasteiger partial charge >= 0.3 is 0 Å². The van der Waals surface area contributed by atoms with E-state index in [1.54, 1.807) is 6.26 Å². The van der Waals surface area contributed by atoms with E-state index in [0.29, 0.717) is 18.5 Å². The first kappa shape index (κ1) is 15.3. The maximum atomic E-state index is 10.0. The Morgan fingerprint density at radius 2 is 2.06 bits per heavy atom. The predicted octanol–water partition coefficient (Wildman–Crippen LogP) is 2.99. The highest BCUT2D eigenvalue weighted by Crippen LogP contribution is 2.13. The van der Waals surface area contributed by atoms with Crippen LogP contribution < -0.4 is 5.32 Å². The molecular weight excluding hydrogens is 226 g/mol. The summed E-state index contributed by atoms with van der Waals surface area (Å²) in [6.07, 6.45) is 5.54. The van der Waals surface area contributed by atoms with Gasteiger partial charge in [0.2, 0.25) is 0 Å². The fraction of sp³-hybridized carbons (Fsp3) is 0.733. The maximum absolute atomic E-state index is 10.0. The molecular formula is C15H27NO2. The minimum Gasteiger partial charge on any atom is -0.469 e. The van der Waals surface area contributed by atoms with Crippen molar-refractivity contribution in [2.24, 2.45) is 5.92 Å². The summed E-state index contributed by atoms with van der Waals surface area (Å²) in [6, 6.07) is 4.33. The zero-order valence-corrected chi connectivity index (χ0v) is 11.9. The van der Waals surface area contributed by atoms with Crippen molar-refractivity contribution in [3.8, 4) is 0 Å². The molecule has 0 aromatic carbocycles. The summed E-state index contributed by atoms with van der Waals surface area (Å²) in [5, 5.41) is 13.4. The van der Waals surface area contributed by atoms with Crippen molar-refractivity contribution in [2.75, 3.05) is 6.54 Å². The molecule has 0 amide bonds. The minimum absolute atomic E-state index is 0.230. The van der Waals surface area contributed by atoms with Crippen LogP contribution in [0.3, 0.4) is 0 Å². The summed E-state index contributed by atoms with van der Waals surface area (Å²) in [5.74, 6) is 1.44. The number of aliphatic hydroxyl groups is 1. The monoisotopic (exact) mass is 253 g/mol. The highest BCUT2D eigenvalue weighted by atomic mass is 16.3. The van der Waals surface area contributed by atoms with Crippen LogP contribution in [0.5, 0.6) is 0 Å². The minimum atomic E-state index is -0.230. The Hall–Kier alpha value is -0.800. The molecule has 1 heterocycles. The number of nitrogens with one attached hydrogen (secondary N) is 1. The molecule has 104 valence electrons. The van der Waals surface area contributed by atoms with E-state index < -0.39 is 0 Å². The van der Waals surface area contributed by atoms with Crippen molar-refractivity contribution in [2.45, 2.75) is 58.6 Å². The van der Waals surface area contributed by atoms with Crippen LogP contribution in [0.25, 0.3) is 0 Å². The van der Waals surface area contributed by atoms with Crippen LogP contribution in [-0.4, -0.2) is 23.8 Å². The standard InChI is InChI=1S/C15H27NO2/c1-4-13(5-2)15(17)11-16-12(3)8-9-14-7-6-10-18-14/h6-7,10,12-13,15-17H,4-5,8-9,11H2,1-3H3. The molecule has 18 heavy (non-hydrogen) atoms. The Morgan fingerprint density at radius 1 is 1.33 bits per heavy atom. The topological polar surface area (TPSA) is 45.4 Å². The van der Waals surface area contributed by atoms with Crippen molar-refractivity contribution in [1.82, 2.24) is 5.32 Å². The fourth-order valence-electron chi connectivity index (χ4n) is 2.24. The van der Waals surface area contributed by atoms with Gasteiger partial charge in [0.05, 0.1) is 12.4 Å². The Labute approximate surface area is 111 Å². The summed E-state index contributed by atoms with van der Waals surface area (Å²) in [5.41, 5.74) is 0. The molecule has 1 aromatic rings. The largest absolute Gasteiger partial charge is 0.469 e. The Morgan fingerprint density at radius 3 is 2.61 bits per heavy atom. The molecule has 1 rings (SSSR count). The Kier molecular flexibility index (Phi) is 7.06. The van der Waals surface area contributed by atoms with Gasteiger partial charge in [0.25, 0.3) is 0 Å². The molecule has 2 N–H and O–H groups in total. The third kappa shape index (κ3) is 5.23.